The molecule has 6 heteroatoms. The van der Waals surface area contributed by atoms with Crippen LogP contribution in [0.1, 0.15) is 39.5 Å². The molecule has 0 aliphatic heterocycles. The predicted octanol–water partition coefficient (Wildman–Crippen LogP) is 4.95. The van der Waals surface area contributed by atoms with E-state index in [1.54, 1.807) is 0 Å². The van der Waals surface area contributed by atoms with E-state index in [1.165, 1.54) is 8.92 Å². The molecule has 0 aliphatic rings. The summed E-state index contributed by atoms with van der Waals surface area (Å²) in [4.78, 5) is 0. The minimum absolute atomic E-state index is 0.0622. The van der Waals surface area contributed by atoms with Crippen LogP contribution in [0.25, 0.3) is 16.9 Å². The van der Waals surface area contributed by atoms with Gasteiger partial charge in [0, 0.05) is 0 Å². The van der Waals surface area contributed by atoms with Crippen LogP contribution in [-0.4, -0.2) is 43.2 Å². The Morgan fingerprint density at radius 2 is 1.35 bits per heavy atom. The van der Waals surface area contributed by atoms with Gasteiger partial charge >= 0.3 is 209 Å². The number of benzene rings is 3. The number of rotatable bonds is 12. The molecular weight excluding hydrogens is 489 g/mol. The predicted molar refractivity (Wildman–Crippen MR) is 139 cm³/mol. The van der Waals surface area contributed by atoms with Crippen LogP contribution >= 0.6 is 0 Å². The topological polar surface area (TPSA) is 49.2 Å². The molecule has 0 atom stereocenters. The van der Waals surface area contributed by atoms with Gasteiger partial charge in [0.05, 0.1) is 0 Å². The summed E-state index contributed by atoms with van der Waals surface area (Å²) >= 11 is 0.0622. The van der Waals surface area contributed by atoms with Gasteiger partial charge in [-0.1, -0.05) is 0 Å². The van der Waals surface area contributed by atoms with Gasteiger partial charge < -0.3 is 0 Å². The molecule has 0 saturated carbocycles. The summed E-state index contributed by atoms with van der Waals surface area (Å²) < 4.78 is 16.4. The third-order valence-electron chi connectivity index (χ3n) is 5.35. The number of nitrogens with zero attached hydrogens (tertiary/aromatic N) is 3. The van der Waals surface area contributed by atoms with E-state index in [-0.39, 0.29) is 15.0 Å². The first kappa shape index (κ1) is 24.1. The summed E-state index contributed by atoms with van der Waals surface area (Å²) in [5.74, 6) is 1.82. The van der Waals surface area contributed by atoms with Crippen molar-refractivity contribution in [2.75, 3.05) is 13.2 Å². The van der Waals surface area contributed by atoms with E-state index in [0.717, 1.165) is 60.7 Å². The SMILES string of the molecule is CCCCOc1ccccc1[Se]c1ccccc1-n1cc(-c2ccccc2OCCCC)nn1. The van der Waals surface area contributed by atoms with Crippen molar-refractivity contribution < 1.29 is 9.47 Å². The first-order valence-electron chi connectivity index (χ1n) is 11.9. The van der Waals surface area contributed by atoms with Gasteiger partial charge in [0.1, 0.15) is 0 Å². The Balaban J connectivity index is 1.59. The summed E-state index contributed by atoms with van der Waals surface area (Å²) in [6, 6.07) is 24.8. The van der Waals surface area contributed by atoms with Crippen molar-refractivity contribution in [1.29, 1.82) is 0 Å². The Labute approximate surface area is 208 Å². The Morgan fingerprint density at radius 3 is 2.12 bits per heavy atom. The fourth-order valence-corrected chi connectivity index (χ4v) is 5.62. The van der Waals surface area contributed by atoms with E-state index in [0.29, 0.717) is 6.61 Å². The quantitative estimate of drug-likeness (QED) is 0.196. The minimum atomic E-state index is 0.0622. The van der Waals surface area contributed by atoms with E-state index in [4.69, 9.17) is 9.47 Å². The fourth-order valence-electron chi connectivity index (χ4n) is 3.47. The van der Waals surface area contributed by atoms with E-state index >= 15 is 0 Å². The average molecular weight is 521 g/mol. The Hall–Kier alpha value is -3.08. The molecule has 0 radical (unpaired) electrons. The summed E-state index contributed by atoms with van der Waals surface area (Å²) in [5, 5.41) is 8.96. The first-order valence-corrected chi connectivity index (χ1v) is 13.6. The molecule has 176 valence electrons. The van der Waals surface area contributed by atoms with Crippen molar-refractivity contribution in [3.8, 4) is 28.4 Å². The molecule has 5 nitrogen and oxygen atoms in total. The van der Waals surface area contributed by atoms with Crippen LogP contribution in [0.3, 0.4) is 0 Å². The standard InChI is InChI=1S/C28H31N3O2Se/c1-3-5-19-32-25-15-9-7-13-22(25)23-21-31(30-29-23)24-14-8-11-17-27(24)34-28-18-12-10-16-26(28)33-20-6-4-2/h7-18,21H,3-6,19-20H2,1-2H3. The number of hydrogen-bond acceptors (Lipinski definition) is 4. The van der Waals surface area contributed by atoms with Crippen LogP contribution in [0, 0.1) is 0 Å². The van der Waals surface area contributed by atoms with E-state index < -0.39 is 0 Å². The van der Waals surface area contributed by atoms with Gasteiger partial charge in [-0.3, -0.25) is 0 Å². The average Bonchev–Trinajstić information content (AvgIpc) is 3.36. The van der Waals surface area contributed by atoms with Gasteiger partial charge in [0.15, 0.2) is 0 Å². The maximum absolute atomic E-state index is 6.08. The second-order valence-corrected chi connectivity index (χ2v) is 10.2. The van der Waals surface area contributed by atoms with Crippen molar-refractivity contribution >= 4 is 23.9 Å². The van der Waals surface area contributed by atoms with Crippen LogP contribution in [0.15, 0.2) is 79.0 Å². The zero-order chi connectivity index (χ0) is 23.6. The summed E-state index contributed by atoms with van der Waals surface area (Å²) in [6.07, 6.45) is 6.30. The second kappa shape index (κ2) is 12.4. The molecule has 0 N–H and O–H groups in total. The third kappa shape index (κ3) is 6.07. The Morgan fingerprint density at radius 1 is 0.735 bits per heavy atom. The van der Waals surface area contributed by atoms with Crippen molar-refractivity contribution in [2.45, 2.75) is 39.5 Å². The number of ether oxygens (including phenoxy) is 2. The van der Waals surface area contributed by atoms with Gasteiger partial charge in [-0.15, -0.1) is 0 Å². The first-order chi connectivity index (χ1) is 16.8. The Kier molecular flexibility index (Phi) is 8.77. The van der Waals surface area contributed by atoms with Crippen LogP contribution in [-0.2, 0) is 0 Å². The van der Waals surface area contributed by atoms with E-state index in [2.05, 4.69) is 60.6 Å². The van der Waals surface area contributed by atoms with E-state index in [9.17, 15) is 0 Å². The molecule has 0 spiro atoms. The van der Waals surface area contributed by atoms with Gasteiger partial charge in [-0.05, 0) is 0 Å². The van der Waals surface area contributed by atoms with E-state index in [1.807, 2.05) is 47.3 Å². The molecule has 0 amide bonds. The molecule has 3 aromatic carbocycles. The summed E-state index contributed by atoms with van der Waals surface area (Å²) in [7, 11) is 0. The van der Waals surface area contributed by atoms with Gasteiger partial charge in [-0.2, -0.15) is 0 Å². The zero-order valence-electron chi connectivity index (χ0n) is 19.8. The molecule has 0 saturated heterocycles. The second-order valence-electron chi connectivity index (χ2n) is 7.97. The number of aromatic nitrogens is 3. The van der Waals surface area contributed by atoms with Crippen LogP contribution in [0.5, 0.6) is 11.5 Å². The summed E-state index contributed by atoms with van der Waals surface area (Å²) in [5.41, 5.74) is 2.80. The summed E-state index contributed by atoms with van der Waals surface area (Å²) in [6.45, 7) is 5.79. The molecule has 0 aliphatic carbocycles. The van der Waals surface area contributed by atoms with Crippen molar-refractivity contribution in [3.63, 3.8) is 0 Å². The molecule has 0 bridgehead atoms. The maximum atomic E-state index is 6.08. The normalized spacial score (nSPS) is 10.9. The van der Waals surface area contributed by atoms with Crippen LogP contribution in [0.2, 0.25) is 0 Å². The van der Waals surface area contributed by atoms with Crippen molar-refractivity contribution in [1.82, 2.24) is 15.0 Å². The molecule has 1 heterocycles. The number of hydrogen-bond donors (Lipinski definition) is 0. The molecule has 1 aromatic heterocycles. The fraction of sp³-hybridized carbons (Fsp3) is 0.286. The zero-order valence-corrected chi connectivity index (χ0v) is 21.5. The van der Waals surface area contributed by atoms with Gasteiger partial charge in [0.25, 0.3) is 0 Å². The molecule has 4 aromatic rings. The monoisotopic (exact) mass is 521 g/mol. The van der Waals surface area contributed by atoms with Crippen molar-refractivity contribution in [2.24, 2.45) is 0 Å². The van der Waals surface area contributed by atoms with Crippen LogP contribution in [0.4, 0.5) is 0 Å². The number of unbranched alkanes of at least 4 members (excludes halogenated alkanes) is 2. The Bertz CT molecular complexity index is 1190. The third-order valence-corrected chi connectivity index (χ3v) is 7.70. The molecule has 34 heavy (non-hydrogen) atoms. The molecular formula is C28H31N3O2Se. The molecule has 4 rings (SSSR count). The number of para-hydroxylation sites is 3. The van der Waals surface area contributed by atoms with Gasteiger partial charge in [-0.25, -0.2) is 0 Å². The molecule has 0 fully saturated rings. The van der Waals surface area contributed by atoms with Gasteiger partial charge in [0.2, 0.25) is 0 Å². The molecule has 0 unspecified atom stereocenters. The van der Waals surface area contributed by atoms with Crippen LogP contribution < -0.4 is 18.4 Å². The van der Waals surface area contributed by atoms with Crippen molar-refractivity contribution in [3.05, 3.63) is 79.0 Å².